The van der Waals surface area contributed by atoms with Gasteiger partial charge in [0.2, 0.25) is 5.91 Å². The lowest BCUT2D eigenvalue weighted by Crippen LogP contribution is -2.51. The van der Waals surface area contributed by atoms with Crippen LogP contribution in [0.1, 0.15) is 16.7 Å². The van der Waals surface area contributed by atoms with Crippen molar-refractivity contribution in [3.63, 3.8) is 0 Å². The summed E-state index contributed by atoms with van der Waals surface area (Å²) in [4.78, 5) is 26.9. The van der Waals surface area contributed by atoms with Crippen molar-refractivity contribution >= 4 is 11.6 Å². The summed E-state index contributed by atoms with van der Waals surface area (Å²) in [6, 6.07) is 7.63. The van der Waals surface area contributed by atoms with Crippen molar-refractivity contribution in [2.45, 2.75) is 19.6 Å². The highest BCUT2D eigenvalue weighted by Crippen LogP contribution is 2.33. The summed E-state index contributed by atoms with van der Waals surface area (Å²) in [5.41, 5.74) is -0.980. The van der Waals surface area contributed by atoms with E-state index in [1.54, 1.807) is 10.00 Å². The van der Waals surface area contributed by atoms with Gasteiger partial charge in [-0.05, 0) is 18.1 Å². The normalized spacial score (nSPS) is 15.5. The van der Waals surface area contributed by atoms with E-state index in [1.165, 1.54) is 4.90 Å². The number of hydrogen-bond acceptors (Lipinski definition) is 4. The molecule has 3 rings (SSSR count). The second-order valence-corrected chi connectivity index (χ2v) is 6.12. The molecule has 1 aliphatic rings. The first kappa shape index (κ1) is 18.0. The SMILES string of the molecule is Cc1ccccc1CN1CCN(c2cn[nH]c(=O)c2C(F)(F)F)CC1=O. The van der Waals surface area contributed by atoms with Crippen LogP contribution in [0.4, 0.5) is 18.9 Å². The standard InChI is InChI=1S/C17H17F3N4O2/c1-11-4-2-3-5-12(11)9-24-7-6-23(10-14(24)25)13-8-21-22-16(26)15(13)17(18,19)20/h2-5,8H,6-7,9-10H2,1H3,(H,22,26). The molecule has 2 heterocycles. The monoisotopic (exact) mass is 366 g/mol. The van der Waals surface area contributed by atoms with E-state index >= 15 is 0 Å². The molecule has 2 aromatic rings. The third-order valence-corrected chi connectivity index (χ3v) is 4.40. The second kappa shape index (κ2) is 6.81. The van der Waals surface area contributed by atoms with Gasteiger partial charge in [0.1, 0.15) is 5.56 Å². The lowest BCUT2D eigenvalue weighted by molar-refractivity contribution is -0.139. The molecule has 6 nitrogen and oxygen atoms in total. The number of alkyl halides is 3. The van der Waals surface area contributed by atoms with Crippen molar-refractivity contribution in [3.05, 3.63) is 57.5 Å². The fraction of sp³-hybridized carbons (Fsp3) is 0.353. The average Bonchev–Trinajstić information content (AvgIpc) is 2.57. The zero-order valence-corrected chi connectivity index (χ0v) is 14.0. The van der Waals surface area contributed by atoms with Gasteiger partial charge in [0.05, 0.1) is 18.4 Å². The molecule has 9 heteroatoms. The first-order valence-electron chi connectivity index (χ1n) is 7.99. The predicted molar refractivity (Wildman–Crippen MR) is 88.7 cm³/mol. The Labute approximate surface area is 147 Å². The van der Waals surface area contributed by atoms with Gasteiger partial charge in [0.25, 0.3) is 5.56 Å². The van der Waals surface area contributed by atoms with Crippen LogP contribution in [0.25, 0.3) is 0 Å². The van der Waals surface area contributed by atoms with Crippen LogP contribution in [-0.2, 0) is 17.5 Å². The van der Waals surface area contributed by atoms with Gasteiger partial charge in [-0.2, -0.15) is 18.3 Å². The van der Waals surface area contributed by atoms with Crippen LogP contribution in [0.15, 0.2) is 35.3 Å². The maximum absolute atomic E-state index is 13.2. The van der Waals surface area contributed by atoms with Crippen LogP contribution in [0, 0.1) is 6.92 Å². The molecule has 0 aliphatic carbocycles. The highest BCUT2D eigenvalue weighted by Gasteiger charge is 2.39. The first-order valence-corrected chi connectivity index (χ1v) is 7.99. The molecular weight excluding hydrogens is 349 g/mol. The molecule has 0 spiro atoms. The molecule has 26 heavy (non-hydrogen) atoms. The number of carbonyl (C=O) groups is 1. The van der Waals surface area contributed by atoms with Crippen LogP contribution in [-0.4, -0.2) is 40.6 Å². The highest BCUT2D eigenvalue weighted by molar-refractivity contribution is 5.83. The Morgan fingerprint density at radius 2 is 1.92 bits per heavy atom. The number of H-pyrrole nitrogens is 1. The van der Waals surface area contributed by atoms with Crippen molar-refractivity contribution in [2.75, 3.05) is 24.5 Å². The molecule has 138 valence electrons. The number of hydrogen-bond donors (Lipinski definition) is 1. The Morgan fingerprint density at radius 1 is 1.19 bits per heavy atom. The Bertz CT molecular complexity index is 879. The molecular formula is C17H17F3N4O2. The van der Waals surface area contributed by atoms with E-state index in [0.29, 0.717) is 6.54 Å². The minimum absolute atomic E-state index is 0.186. The summed E-state index contributed by atoms with van der Waals surface area (Å²) in [5, 5.41) is 5.25. The molecule has 1 N–H and O–H groups in total. The molecule has 0 radical (unpaired) electrons. The van der Waals surface area contributed by atoms with Crippen LogP contribution < -0.4 is 10.5 Å². The van der Waals surface area contributed by atoms with Crippen molar-refractivity contribution < 1.29 is 18.0 Å². The van der Waals surface area contributed by atoms with E-state index in [1.807, 2.05) is 31.2 Å². The maximum Gasteiger partial charge on any atom is 0.423 e. The molecule has 1 aromatic carbocycles. The number of nitrogens with zero attached hydrogens (tertiary/aromatic N) is 3. The Morgan fingerprint density at radius 3 is 2.58 bits per heavy atom. The van der Waals surface area contributed by atoms with Gasteiger partial charge >= 0.3 is 6.18 Å². The van der Waals surface area contributed by atoms with Gasteiger partial charge in [0, 0.05) is 19.6 Å². The predicted octanol–water partition coefficient (Wildman–Crippen LogP) is 1.95. The number of carbonyl (C=O) groups excluding carboxylic acids is 1. The summed E-state index contributed by atoms with van der Waals surface area (Å²) in [6.45, 7) is 2.55. The van der Waals surface area contributed by atoms with Crippen LogP contribution >= 0.6 is 0 Å². The minimum atomic E-state index is -4.83. The zero-order chi connectivity index (χ0) is 18.9. The van der Waals surface area contributed by atoms with Gasteiger partial charge in [-0.15, -0.1) is 0 Å². The van der Waals surface area contributed by atoms with E-state index in [0.717, 1.165) is 17.3 Å². The number of anilines is 1. The summed E-state index contributed by atoms with van der Waals surface area (Å²) in [5.74, 6) is -0.298. The van der Waals surface area contributed by atoms with Gasteiger partial charge < -0.3 is 9.80 Å². The lowest BCUT2D eigenvalue weighted by Gasteiger charge is -2.36. The van der Waals surface area contributed by atoms with E-state index in [-0.39, 0.29) is 31.2 Å². The molecule has 0 atom stereocenters. The van der Waals surface area contributed by atoms with Crippen molar-refractivity contribution in [1.82, 2.24) is 15.1 Å². The molecule has 1 aromatic heterocycles. The maximum atomic E-state index is 13.2. The molecule has 1 aliphatic heterocycles. The summed E-state index contributed by atoms with van der Waals surface area (Å²) in [6.07, 6.45) is -3.89. The molecule has 1 fully saturated rings. The number of nitrogens with one attached hydrogen (secondary N) is 1. The molecule has 1 amide bonds. The fourth-order valence-corrected chi connectivity index (χ4v) is 2.98. The number of aromatic amines is 1. The van der Waals surface area contributed by atoms with E-state index in [9.17, 15) is 22.8 Å². The molecule has 0 unspecified atom stereocenters. The van der Waals surface area contributed by atoms with Crippen LogP contribution in [0.5, 0.6) is 0 Å². The highest BCUT2D eigenvalue weighted by atomic mass is 19.4. The first-order chi connectivity index (χ1) is 12.3. The number of piperazine rings is 1. The molecule has 1 saturated heterocycles. The average molecular weight is 366 g/mol. The second-order valence-electron chi connectivity index (χ2n) is 6.12. The quantitative estimate of drug-likeness (QED) is 0.902. The molecule has 0 saturated carbocycles. The Kier molecular flexibility index (Phi) is 4.71. The van der Waals surface area contributed by atoms with Crippen molar-refractivity contribution in [3.8, 4) is 0 Å². The zero-order valence-electron chi connectivity index (χ0n) is 14.0. The lowest BCUT2D eigenvalue weighted by atomic mass is 10.1. The van der Waals surface area contributed by atoms with E-state index < -0.39 is 17.3 Å². The number of halogens is 3. The third-order valence-electron chi connectivity index (χ3n) is 4.40. The van der Waals surface area contributed by atoms with Crippen molar-refractivity contribution in [1.29, 1.82) is 0 Å². The van der Waals surface area contributed by atoms with Crippen LogP contribution in [0.3, 0.4) is 0 Å². The number of amides is 1. The summed E-state index contributed by atoms with van der Waals surface area (Å²) in [7, 11) is 0. The van der Waals surface area contributed by atoms with E-state index in [2.05, 4.69) is 5.10 Å². The number of aryl methyl sites for hydroxylation is 1. The smallest absolute Gasteiger partial charge is 0.358 e. The number of rotatable bonds is 3. The van der Waals surface area contributed by atoms with Gasteiger partial charge in [-0.25, -0.2) is 5.10 Å². The van der Waals surface area contributed by atoms with Crippen molar-refractivity contribution in [2.24, 2.45) is 0 Å². The summed E-state index contributed by atoms with van der Waals surface area (Å²) < 4.78 is 39.6. The van der Waals surface area contributed by atoms with Gasteiger partial charge in [0.15, 0.2) is 0 Å². The minimum Gasteiger partial charge on any atom is -0.358 e. The number of benzene rings is 1. The van der Waals surface area contributed by atoms with Crippen LogP contribution in [0.2, 0.25) is 0 Å². The topological polar surface area (TPSA) is 69.3 Å². The third kappa shape index (κ3) is 3.56. The van der Waals surface area contributed by atoms with Gasteiger partial charge in [-0.3, -0.25) is 9.59 Å². The largest absolute Gasteiger partial charge is 0.423 e. The fourth-order valence-electron chi connectivity index (χ4n) is 2.98. The van der Waals surface area contributed by atoms with E-state index in [4.69, 9.17) is 0 Å². The van der Waals surface area contributed by atoms with Gasteiger partial charge in [-0.1, -0.05) is 24.3 Å². The molecule has 0 bridgehead atoms. The number of aromatic nitrogens is 2. The Balaban J connectivity index is 1.80. The Hall–Kier alpha value is -2.84. The summed E-state index contributed by atoms with van der Waals surface area (Å²) >= 11 is 0.